The highest BCUT2D eigenvalue weighted by Gasteiger charge is 2.28. The summed E-state index contributed by atoms with van der Waals surface area (Å²) >= 11 is 0. The van der Waals surface area contributed by atoms with Crippen LogP contribution in [0.4, 0.5) is 0 Å². The van der Waals surface area contributed by atoms with Crippen LogP contribution in [-0.4, -0.2) is 107 Å². The molecule has 4 rings (SSSR count). The van der Waals surface area contributed by atoms with Crippen molar-refractivity contribution in [2.24, 2.45) is 0 Å². The molecule has 0 bridgehead atoms. The molecule has 302 valence electrons. The number of hydrogen-bond acceptors (Lipinski definition) is 14. The first kappa shape index (κ1) is 43.8. The number of esters is 2. The number of para-hydroxylation sites is 2. The Balaban J connectivity index is 1.37. The summed E-state index contributed by atoms with van der Waals surface area (Å²) in [6, 6.07) is 33.0. The number of benzene rings is 4. The molecule has 0 aliphatic carbocycles. The van der Waals surface area contributed by atoms with E-state index in [-0.39, 0.29) is 49.2 Å². The standard InChI is InChI=1S/C38H46N4O12S2/c1-49-35(41-55(45,46)33-19-11-5-12-20-33)25-39-23-31(27-51-29-15-7-3-8-16-29)53-37(43)38(44)54-32(28-52-30-17-9-4-10-18-30)24-40-26-36(50-2)42-56(47,48)34-21-13-6-14-22-34/h3-22,31-32,35-36,39-42H,23-28H2,1-2H3. The molecule has 0 saturated carbocycles. The quantitative estimate of drug-likeness (QED) is 0.0454. The molecule has 0 aliphatic heterocycles. The third-order valence-corrected chi connectivity index (χ3v) is 10.7. The molecule has 0 radical (unpaired) electrons. The third-order valence-electron chi connectivity index (χ3n) is 7.72. The Morgan fingerprint density at radius 3 is 1.14 bits per heavy atom. The highest BCUT2D eigenvalue weighted by Crippen LogP contribution is 2.13. The van der Waals surface area contributed by atoms with E-state index in [0.29, 0.717) is 11.5 Å². The summed E-state index contributed by atoms with van der Waals surface area (Å²) in [5, 5.41) is 5.98. The number of carbonyl (C=O) groups excluding carboxylic acids is 2. The van der Waals surface area contributed by atoms with Crippen LogP contribution in [0.15, 0.2) is 131 Å². The van der Waals surface area contributed by atoms with Crippen LogP contribution in [0, 0.1) is 0 Å². The number of ether oxygens (including phenoxy) is 6. The zero-order chi connectivity index (χ0) is 40.2. The summed E-state index contributed by atoms with van der Waals surface area (Å²) in [4.78, 5) is 26.4. The fraction of sp³-hybridized carbons (Fsp3) is 0.316. The average molecular weight is 815 g/mol. The Kier molecular flexibility index (Phi) is 17.7. The van der Waals surface area contributed by atoms with Crippen molar-refractivity contribution < 1.29 is 54.8 Å². The van der Waals surface area contributed by atoms with E-state index in [9.17, 15) is 26.4 Å². The normalized spacial score (nSPS) is 13.8. The van der Waals surface area contributed by atoms with Crippen LogP contribution in [0.5, 0.6) is 11.5 Å². The summed E-state index contributed by atoms with van der Waals surface area (Å²) in [5.74, 6) is -1.69. The molecular weight excluding hydrogens is 769 g/mol. The van der Waals surface area contributed by atoms with Crippen molar-refractivity contribution in [1.29, 1.82) is 0 Å². The van der Waals surface area contributed by atoms with E-state index in [4.69, 9.17) is 28.4 Å². The summed E-state index contributed by atoms with van der Waals surface area (Å²) in [6.45, 7) is -0.579. The fourth-order valence-corrected chi connectivity index (χ4v) is 7.21. The highest BCUT2D eigenvalue weighted by molar-refractivity contribution is 7.89. The number of rotatable bonds is 24. The van der Waals surface area contributed by atoms with Gasteiger partial charge in [-0.3, -0.25) is 0 Å². The predicted molar refractivity (Wildman–Crippen MR) is 204 cm³/mol. The van der Waals surface area contributed by atoms with E-state index in [0.717, 1.165) is 0 Å². The number of sulfonamides is 2. The van der Waals surface area contributed by atoms with Gasteiger partial charge in [-0.05, 0) is 48.5 Å². The van der Waals surface area contributed by atoms with Gasteiger partial charge in [0.2, 0.25) is 20.0 Å². The van der Waals surface area contributed by atoms with Gasteiger partial charge in [0.1, 0.15) is 49.4 Å². The molecule has 4 aromatic rings. The molecule has 4 atom stereocenters. The lowest BCUT2D eigenvalue weighted by Crippen LogP contribution is -2.47. The average Bonchev–Trinajstić information content (AvgIpc) is 3.22. The van der Waals surface area contributed by atoms with Crippen LogP contribution >= 0.6 is 0 Å². The molecule has 0 heterocycles. The second-order valence-corrected chi connectivity index (χ2v) is 15.4. The van der Waals surface area contributed by atoms with Gasteiger partial charge in [0.05, 0.1) is 9.79 Å². The third kappa shape index (κ3) is 15.0. The van der Waals surface area contributed by atoms with E-state index in [1.54, 1.807) is 97.1 Å². The molecule has 4 N–H and O–H groups in total. The van der Waals surface area contributed by atoms with Gasteiger partial charge in [-0.2, -0.15) is 9.44 Å². The minimum absolute atomic E-state index is 0.0407. The first-order chi connectivity index (χ1) is 27.0. The van der Waals surface area contributed by atoms with Crippen LogP contribution < -0.4 is 29.6 Å². The van der Waals surface area contributed by atoms with E-state index >= 15 is 0 Å². The molecule has 0 aliphatic rings. The molecule has 18 heteroatoms. The van der Waals surface area contributed by atoms with Crippen molar-refractivity contribution >= 4 is 32.0 Å². The Morgan fingerprint density at radius 1 is 0.500 bits per heavy atom. The highest BCUT2D eigenvalue weighted by atomic mass is 32.2. The van der Waals surface area contributed by atoms with E-state index in [1.807, 2.05) is 0 Å². The van der Waals surface area contributed by atoms with Gasteiger partial charge in [-0.1, -0.05) is 72.8 Å². The maximum atomic E-state index is 13.1. The lowest BCUT2D eigenvalue weighted by atomic mass is 10.3. The first-order valence-electron chi connectivity index (χ1n) is 17.4. The lowest BCUT2D eigenvalue weighted by Gasteiger charge is -2.23. The summed E-state index contributed by atoms with van der Waals surface area (Å²) in [6.07, 6.45) is -4.09. The van der Waals surface area contributed by atoms with Gasteiger partial charge < -0.3 is 39.1 Å². The molecule has 0 spiro atoms. The molecule has 4 unspecified atom stereocenters. The second kappa shape index (κ2) is 22.6. The Bertz CT molecular complexity index is 1840. The Labute approximate surface area is 326 Å². The first-order valence-corrected chi connectivity index (χ1v) is 20.3. The number of methoxy groups -OCH3 is 2. The minimum Gasteiger partial charge on any atom is -0.490 e. The maximum absolute atomic E-state index is 13.1. The number of hydrogen-bond donors (Lipinski definition) is 4. The fourth-order valence-electron chi connectivity index (χ4n) is 4.86. The molecule has 4 aromatic carbocycles. The van der Waals surface area contributed by atoms with Gasteiger partial charge >= 0.3 is 11.9 Å². The molecule has 0 amide bonds. The number of carbonyl (C=O) groups is 2. The van der Waals surface area contributed by atoms with E-state index in [2.05, 4.69) is 20.1 Å². The summed E-state index contributed by atoms with van der Waals surface area (Å²) < 4.78 is 89.3. The van der Waals surface area contributed by atoms with Crippen molar-refractivity contribution in [2.45, 2.75) is 34.5 Å². The van der Waals surface area contributed by atoms with Gasteiger partial charge in [0, 0.05) is 40.4 Å². The van der Waals surface area contributed by atoms with Crippen LogP contribution in [-0.2, 0) is 48.6 Å². The molecule has 0 fully saturated rings. The summed E-state index contributed by atoms with van der Waals surface area (Å²) in [7, 11) is -5.15. The van der Waals surface area contributed by atoms with Gasteiger partial charge in [-0.25, -0.2) is 26.4 Å². The second-order valence-electron chi connectivity index (χ2n) is 11.9. The van der Waals surface area contributed by atoms with E-state index < -0.39 is 56.6 Å². The maximum Gasteiger partial charge on any atom is 0.417 e. The molecule has 16 nitrogen and oxygen atoms in total. The predicted octanol–water partition coefficient (Wildman–Crippen LogP) is 2.05. The molecule has 56 heavy (non-hydrogen) atoms. The minimum atomic E-state index is -3.90. The summed E-state index contributed by atoms with van der Waals surface area (Å²) in [5.41, 5.74) is 0. The smallest absolute Gasteiger partial charge is 0.417 e. The zero-order valence-corrected chi connectivity index (χ0v) is 32.4. The number of nitrogens with one attached hydrogen (secondary N) is 4. The van der Waals surface area contributed by atoms with Crippen LogP contribution in [0.3, 0.4) is 0 Å². The molecule has 0 aromatic heterocycles. The Morgan fingerprint density at radius 2 is 0.821 bits per heavy atom. The van der Waals surface area contributed by atoms with Crippen LogP contribution in [0.25, 0.3) is 0 Å². The van der Waals surface area contributed by atoms with Crippen LogP contribution in [0.1, 0.15) is 0 Å². The molecular formula is C38H46N4O12S2. The molecule has 0 saturated heterocycles. The van der Waals surface area contributed by atoms with Crippen molar-refractivity contribution in [2.75, 3.05) is 53.6 Å². The lowest BCUT2D eigenvalue weighted by molar-refractivity contribution is -0.175. The van der Waals surface area contributed by atoms with Crippen molar-refractivity contribution in [3.63, 3.8) is 0 Å². The van der Waals surface area contributed by atoms with Crippen molar-refractivity contribution in [3.05, 3.63) is 121 Å². The van der Waals surface area contributed by atoms with Crippen molar-refractivity contribution in [1.82, 2.24) is 20.1 Å². The van der Waals surface area contributed by atoms with E-state index in [1.165, 1.54) is 38.5 Å². The SMILES string of the molecule is COC(CNCC(COc1ccccc1)OC(=O)C(=O)OC(CNCC(NS(=O)(=O)c1ccccc1)OC)COc1ccccc1)NS(=O)(=O)c1ccccc1. The van der Waals surface area contributed by atoms with Crippen molar-refractivity contribution in [3.8, 4) is 11.5 Å². The Hall–Kier alpha value is -4.92. The van der Waals surface area contributed by atoms with Gasteiger partial charge in [0.25, 0.3) is 0 Å². The van der Waals surface area contributed by atoms with Crippen LogP contribution in [0.2, 0.25) is 0 Å². The largest absolute Gasteiger partial charge is 0.490 e. The zero-order valence-electron chi connectivity index (χ0n) is 30.8. The topological polar surface area (TPSA) is 206 Å². The van der Waals surface area contributed by atoms with Gasteiger partial charge in [-0.15, -0.1) is 0 Å². The van der Waals surface area contributed by atoms with Gasteiger partial charge in [0.15, 0.2) is 0 Å². The monoisotopic (exact) mass is 814 g/mol.